The van der Waals surface area contributed by atoms with E-state index in [9.17, 15) is 4.79 Å². The van der Waals surface area contributed by atoms with Crippen LogP contribution in [0.15, 0.2) is 0 Å². The zero-order valence-electron chi connectivity index (χ0n) is 14.7. The number of rotatable bonds is 3. The number of amides is 1. The van der Waals surface area contributed by atoms with Crippen LogP contribution in [0, 0.1) is 29.1 Å². The lowest BCUT2D eigenvalue weighted by Gasteiger charge is -2.60. The molecule has 0 radical (unpaired) electrons. The summed E-state index contributed by atoms with van der Waals surface area (Å²) >= 11 is 4.07. The van der Waals surface area contributed by atoms with Crippen molar-refractivity contribution < 1.29 is 4.79 Å². The highest BCUT2D eigenvalue weighted by atomic mass is 79.9. The Labute approximate surface area is 149 Å². The molecule has 5 saturated carbocycles. The van der Waals surface area contributed by atoms with Crippen LogP contribution in [0.3, 0.4) is 0 Å². The molecule has 1 amide bonds. The van der Waals surface area contributed by atoms with Gasteiger partial charge in [0, 0.05) is 16.8 Å². The molecule has 5 aliphatic rings. The summed E-state index contributed by atoms with van der Waals surface area (Å²) in [7, 11) is 0. The quantitative estimate of drug-likeness (QED) is 0.680. The van der Waals surface area contributed by atoms with Crippen molar-refractivity contribution >= 4 is 21.8 Å². The maximum Gasteiger partial charge on any atom is 0.220 e. The molecule has 0 spiro atoms. The van der Waals surface area contributed by atoms with Crippen LogP contribution in [-0.4, -0.2) is 16.3 Å². The van der Waals surface area contributed by atoms with Gasteiger partial charge in [-0.2, -0.15) is 0 Å². The fourth-order valence-electron chi connectivity index (χ4n) is 6.93. The van der Waals surface area contributed by atoms with Gasteiger partial charge in [-0.3, -0.25) is 4.79 Å². The summed E-state index contributed by atoms with van der Waals surface area (Å²) in [5.41, 5.74) is 0.307. The van der Waals surface area contributed by atoms with Gasteiger partial charge in [-0.15, -0.1) is 0 Å². The average molecular weight is 382 g/mol. The summed E-state index contributed by atoms with van der Waals surface area (Å²) in [5, 5.41) is 3.43. The number of carbonyl (C=O) groups excluding carboxylic acids is 1. The van der Waals surface area contributed by atoms with Gasteiger partial charge in [0.2, 0.25) is 5.91 Å². The third-order valence-electron chi connectivity index (χ3n) is 7.70. The van der Waals surface area contributed by atoms with Gasteiger partial charge in [0.1, 0.15) is 0 Å². The van der Waals surface area contributed by atoms with Crippen LogP contribution in [0.2, 0.25) is 0 Å². The van der Waals surface area contributed by atoms with Crippen molar-refractivity contribution in [2.24, 2.45) is 29.1 Å². The molecule has 7 atom stereocenters. The fraction of sp³-hybridized carbons (Fsp3) is 0.950. The van der Waals surface area contributed by atoms with Gasteiger partial charge in [-0.05, 0) is 74.0 Å². The molecule has 2 unspecified atom stereocenters. The molecule has 23 heavy (non-hydrogen) atoms. The summed E-state index contributed by atoms with van der Waals surface area (Å²) in [6.07, 6.45) is 12.5. The molecule has 0 saturated heterocycles. The molecule has 5 rings (SSSR count). The van der Waals surface area contributed by atoms with E-state index in [4.69, 9.17) is 0 Å². The van der Waals surface area contributed by atoms with Gasteiger partial charge in [-0.1, -0.05) is 42.6 Å². The van der Waals surface area contributed by atoms with E-state index in [1.165, 1.54) is 57.8 Å². The topological polar surface area (TPSA) is 29.1 Å². The van der Waals surface area contributed by atoms with Crippen molar-refractivity contribution in [1.82, 2.24) is 5.32 Å². The second-order valence-corrected chi connectivity index (χ2v) is 11.4. The van der Waals surface area contributed by atoms with Crippen molar-refractivity contribution in [2.45, 2.75) is 88.4 Å². The van der Waals surface area contributed by atoms with Gasteiger partial charge in [0.15, 0.2) is 0 Å². The Morgan fingerprint density at radius 1 is 1.13 bits per heavy atom. The largest absolute Gasteiger partial charge is 0.353 e. The van der Waals surface area contributed by atoms with Gasteiger partial charge >= 0.3 is 0 Å². The lowest BCUT2D eigenvalue weighted by atomic mass is 9.48. The molecule has 1 N–H and O–H groups in total. The fourth-order valence-corrected chi connectivity index (χ4v) is 8.44. The van der Waals surface area contributed by atoms with E-state index in [0.29, 0.717) is 27.6 Å². The Kier molecular flexibility index (Phi) is 4.10. The molecule has 0 aromatic rings. The molecule has 0 aliphatic heterocycles. The standard InChI is InChI=1S/C20H32BrNO/c1-13-4-3-5-17(14(13)2)22-18(23)11-19-7-15-6-16(8-19)10-20(21,9-15)12-19/h13-17H,3-12H2,1-2H3,(H,22,23)/t13-,14-,15-,16+,17+,19?,20?/m1/s1. The smallest absolute Gasteiger partial charge is 0.220 e. The van der Waals surface area contributed by atoms with E-state index in [1.807, 2.05) is 0 Å². The molecule has 0 aromatic heterocycles. The first-order valence-electron chi connectivity index (χ1n) is 9.85. The maximum absolute atomic E-state index is 12.8. The number of nitrogens with one attached hydrogen (secondary N) is 1. The van der Waals surface area contributed by atoms with Gasteiger partial charge < -0.3 is 5.32 Å². The lowest BCUT2D eigenvalue weighted by Crippen LogP contribution is -2.54. The Bertz CT molecular complexity index is 476. The molecule has 4 bridgehead atoms. The van der Waals surface area contributed by atoms with Crippen LogP contribution < -0.4 is 5.32 Å². The second-order valence-electron chi connectivity index (χ2n) is 9.73. The minimum Gasteiger partial charge on any atom is -0.353 e. The van der Waals surface area contributed by atoms with E-state index in [2.05, 4.69) is 35.1 Å². The molecule has 130 valence electrons. The number of alkyl halides is 1. The Hall–Kier alpha value is -0.0500. The third-order valence-corrected chi connectivity index (χ3v) is 8.63. The number of hydrogen-bond acceptors (Lipinski definition) is 1. The highest BCUT2D eigenvalue weighted by Crippen LogP contribution is 2.65. The zero-order valence-corrected chi connectivity index (χ0v) is 16.3. The second kappa shape index (κ2) is 5.75. The van der Waals surface area contributed by atoms with Gasteiger partial charge in [0.05, 0.1) is 0 Å². The Balaban J connectivity index is 1.41. The van der Waals surface area contributed by atoms with Crippen LogP contribution in [0.5, 0.6) is 0 Å². The maximum atomic E-state index is 12.8. The van der Waals surface area contributed by atoms with Crippen molar-refractivity contribution in [2.75, 3.05) is 0 Å². The SMILES string of the molecule is C[C@@H]1[C@H](C)CCC[C@@H]1NC(=O)CC12C[C@@H]3C[C@@H](CC(Br)(C3)C1)C2. The van der Waals surface area contributed by atoms with Crippen LogP contribution in [0.1, 0.15) is 78.1 Å². The summed E-state index contributed by atoms with van der Waals surface area (Å²) in [5.74, 6) is 3.47. The first kappa shape index (κ1) is 16.4. The molecule has 2 nitrogen and oxygen atoms in total. The van der Waals surface area contributed by atoms with Crippen molar-refractivity contribution in [3.05, 3.63) is 0 Å². The average Bonchev–Trinajstić information content (AvgIpc) is 2.40. The van der Waals surface area contributed by atoms with Crippen LogP contribution in [0.25, 0.3) is 0 Å². The minimum atomic E-state index is 0.307. The molecule has 0 heterocycles. The number of hydrogen-bond donors (Lipinski definition) is 1. The van der Waals surface area contributed by atoms with E-state index in [1.54, 1.807) is 0 Å². The molecular formula is C20H32BrNO. The molecule has 3 heteroatoms. The summed E-state index contributed by atoms with van der Waals surface area (Å²) < 4.78 is 0.365. The van der Waals surface area contributed by atoms with E-state index < -0.39 is 0 Å². The van der Waals surface area contributed by atoms with Crippen LogP contribution in [-0.2, 0) is 4.79 Å². The lowest BCUT2D eigenvalue weighted by molar-refractivity contribution is -0.129. The zero-order chi connectivity index (χ0) is 16.2. The molecule has 5 fully saturated rings. The Morgan fingerprint density at radius 2 is 1.83 bits per heavy atom. The molecular weight excluding hydrogens is 350 g/mol. The number of carbonyl (C=O) groups is 1. The van der Waals surface area contributed by atoms with Crippen LogP contribution in [0.4, 0.5) is 0 Å². The van der Waals surface area contributed by atoms with Crippen molar-refractivity contribution in [1.29, 1.82) is 0 Å². The molecule has 5 aliphatic carbocycles. The summed E-state index contributed by atoms with van der Waals surface area (Å²) in [4.78, 5) is 12.8. The predicted molar refractivity (Wildman–Crippen MR) is 97.5 cm³/mol. The minimum absolute atomic E-state index is 0.307. The predicted octanol–water partition coefficient (Wildman–Crippen LogP) is 5.05. The summed E-state index contributed by atoms with van der Waals surface area (Å²) in [6, 6.07) is 0.415. The first-order chi connectivity index (χ1) is 10.9. The highest BCUT2D eigenvalue weighted by molar-refractivity contribution is 9.10. The molecule has 0 aromatic carbocycles. The van der Waals surface area contributed by atoms with Gasteiger partial charge in [-0.25, -0.2) is 0 Å². The van der Waals surface area contributed by atoms with E-state index in [0.717, 1.165) is 24.2 Å². The van der Waals surface area contributed by atoms with Crippen LogP contribution >= 0.6 is 15.9 Å². The highest BCUT2D eigenvalue weighted by Gasteiger charge is 2.57. The summed E-state index contributed by atoms with van der Waals surface area (Å²) in [6.45, 7) is 4.67. The van der Waals surface area contributed by atoms with Crippen molar-refractivity contribution in [3.63, 3.8) is 0 Å². The number of halogens is 1. The normalized spacial score (nSPS) is 51.7. The first-order valence-corrected chi connectivity index (χ1v) is 10.6. The van der Waals surface area contributed by atoms with E-state index >= 15 is 0 Å². The Morgan fingerprint density at radius 3 is 2.48 bits per heavy atom. The van der Waals surface area contributed by atoms with Crippen molar-refractivity contribution in [3.8, 4) is 0 Å². The van der Waals surface area contributed by atoms with E-state index in [-0.39, 0.29) is 0 Å². The monoisotopic (exact) mass is 381 g/mol. The third kappa shape index (κ3) is 3.12. The van der Waals surface area contributed by atoms with Gasteiger partial charge in [0.25, 0.3) is 0 Å².